The van der Waals surface area contributed by atoms with Crippen LogP contribution in [-0.2, 0) is 0 Å². The molecule has 0 saturated heterocycles. The number of nitrogens with one attached hydrogen (secondary N) is 1. The third-order valence-electron chi connectivity index (χ3n) is 1.21. The minimum absolute atomic E-state index is 0. The van der Waals surface area contributed by atoms with Crippen molar-refractivity contribution in [3.8, 4) is 0 Å². The summed E-state index contributed by atoms with van der Waals surface area (Å²) in [5.41, 5.74) is 2.47. The second kappa shape index (κ2) is 6.44. The van der Waals surface area contributed by atoms with E-state index >= 15 is 0 Å². The van der Waals surface area contributed by atoms with Crippen molar-refractivity contribution in [3.05, 3.63) is 35.7 Å². The van der Waals surface area contributed by atoms with Gasteiger partial charge in [0.15, 0.2) is 5.03 Å². The van der Waals surface area contributed by atoms with Gasteiger partial charge in [-0.2, -0.15) is 0 Å². The molecule has 0 fully saturated rings. The van der Waals surface area contributed by atoms with Crippen LogP contribution >= 0.6 is 47.8 Å². The Morgan fingerprint density at radius 3 is 2.00 bits per heavy atom. The van der Waals surface area contributed by atoms with E-state index in [1.807, 2.05) is 0 Å². The van der Waals surface area contributed by atoms with Gasteiger partial charge in [-0.3, -0.25) is 0 Å². The Labute approximate surface area is 128 Å². The summed E-state index contributed by atoms with van der Waals surface area (Å²) in [6.07, 6.45) is 0. The largest absolute Gasteiger partial charge is 0.235 e. The first kappa shape index (κ1) is 14.9. The Morgan fingerprint density at radius 2 is 1.64 bits per heavy atom. The first-order chi connectivity index (χ1) is 6.00. The van der Waals surface area contributed by atoms with Crippen molar-refractivity contribution in [1.29, 1.82) is 0 Å². The quantitative estimate of drug-likeness (QED) is 0.473. The molecule has 1 aromatic rings. The molecule has 4 nitrogen and oxygen atoms in total. The standard InChI is InChI=1S/C6H3Br3N2O2.Na/c7-3-1-4(8)6(5(9)2-3)10-11(12)13;/h1-2,10H;. The molecule has 0 spiro atoms. The molecule has 0 aliphatic heterocycles. The molecule has 0 amide bonds. The Morgan fingerprint density at radius 1 is 1.21 bits per heavy atom. The summed E-state index contributed by atoms with van der Waals surface area (Å²) in [6, 6.07) is 3.44. The average molecular weight is 398 g/mol. The minimum Gasteiger partial charge on any atom is -0.235 e. The molecule has 0 bridgehead atoms. The Hall–Kier alpha value is 0.860. The second-order valence-electron chi connectivity index (χ2n) is 2.11. The van der Waals surface area contributed by atoms with Crippen LogP contribution in [0, 0.1) is 10.1 Å². The van der Waals surface area contributed by atoms with E-state index in [2.05, 4.69) is 53.2 Å². The van der Waals surface area contributed by atoms with Gasteiger partial charge in [0.05, 0.1) is 0 Å². The molecule has 1 N–H and O–H groups in total. The van der Waals surface area contributed by atoms with Crippen molar-refractivity contribution in [1.82, 2.24) is 0 Å². The van der Waals surface area contributed by atoms with E-state index < -0.39 is 5.03 Å². The maximum absolute atomic E-state index is 10.2. The number of halogens is 3. The van der Waals surface area contributed by atoms with Crippen LogP contribution in [0.15, 0.2) is 25.6 Å². The molecule has 0 heterocycles. The summed E-state index contributed by atoms with van der Waals surface area (Å²) < 4.78 is 2.07. The van der Waals surface area contributed by atoms with Gasteiger partial charge in [-0.15, -0.1) is 5.43 Å². The van der Waals surface area contributed by atoms with Gasteiger partial charge in [-0.05, 0) is 44.0 Å². The van der Waals surface area contributed by atoms with Crippen LogP contribution in [0.3, 0.4) is 0 Å². The maximum Gasteiger partial charge on any atom is 0.162 e. The molecule has 0 saturated carbocycles. The van der Waals surface area contributed by atoms with E-state index in [0.717, 1.165) is 4.47 Å². The molecule has 0 atom stereocenters. The molecule has 1 aromatic carbocycles. The van der Waals surface area contributed by atoms with Gasteiger partial charge >= 0.3 is 0 Å². The summed E-state index contributed by atoms with van der Waals surface area (Å²) in [5.74, 6) is 0. The first-order valence-electron chi connectivity index (χ1n) is 3.06. The number of rotatable bonds is 2. The molecule has 8 heteroatoms. The van der Waals surface area contributed by atoms with Crippen molar-refractivity contribution in [3.63, 3.8) is 0 Å². The van der Waals surface area contributed by atoms with Crippen molar-refractivity contribution in [2.45, 2.75) is 0 Å². The van der Waals surface area contributed by atoms with E-state index in [9.17, 15) is 10.1 Å². The van der Waals surface area contributed by atoms with Crippen LogP contribution in [0.2, 0.25) is 0 Å². The maximum atomic E-state index is 10.2. The monoisotopic (exact) mass is 395 g/mol. The smallest absolute Gasteiger partial charge is 0.162 e. The molecule has 0 aliphatic rings. The predicted octanol–water partition coefficient (Wildman–Crippen LogP) is 3.20. The summed E-state index contributed by atoms with van der Waals surface area (Å²) in [4.78, 5) is 10.2. The summed E-state index contributed by atoms with van der Waals surface area (Å²) in [6.45, 7) is 0. The van der Waals surface area contributed by atoms with Crippen LogP contribution in [0.5, 0.6) is 0 Å². The summed E-state index contributed by atoms with van der Waals surface area (Å²) in [7, 11) is 0. The van der Waals surface area contributed by atoms with Gasteiger partial charge in [0.2, 0.25) is 0 Å². The van der Waals surface area contributed by atoms with E-state index in [1.165, 1.54) is 0 Å². The van der Waals surface area contributed by atoms with Crippen molar-refractivity contribution in [2.24, 2.45) is 0 Å². The fraction of sp³-hybridized carbons (Fsp3) is 0. The normalized spacial score (nSPS) is 9.07. The number of hydrogen-bond donors (Lipinski definition) is 1. The molecule has 1 radical (unpaired) electrons. The van der Waals surface area contributed by atoms with Crippen LogP contribution in [0.25, 0.3) is 0 Å². The fourth-order valence-electron chi connectivity index (χ4n) is 0.740. The van der Waals surface area contributed by atoms with Crippen LogP contribution < -0.4 is 5.43 Å². The fourth-order valence-corrected chi connectivity index (χ4v) is 3.18. The first-order valence-corrected chi connectivity index (χ1v) is 5.44. The van der Waals surface area contributed by atoms with Crippen LogP contribution in [0.1, 0.15) is 0 Å². The molecule has 0 aliphatic carbocycles. The number of benzene rings is 1. The third kappa shape index (κ3) is 4.16. The number of anilines is 1. The third-order valence-corrected chi connectivity index (χ3v) is 2.92. The van der Waals surface area contributed by atoms with E-state index in [1.54, 1.807) is 12.1 Å². The van der Waals surface area contributed by atoms with E-state index in [4.69, 9.17) is 0 Å². The molecule has 71 valence electrons. The molecule has 1 rings (SSSR count). The topological polar surface area (TPSA) is 55.2 Å². The zero-order valence-corrected chi connectivity index (χ0v) is 13.8. The Balaban J connectivity index is 0.00000169. The summed E-state index contributed by atoms with van der Waals surface area (Å²) in [5, 5.41) is 9.59. The van der Waals surface area contributed by atoms with Gasteiger partial charge < -0.3 is 0 Å². The van der Waals surface area contributed by atoms with Gasteiger partial charge in [0.25, 0.3) is 0 Å². The van der Waals surface area contributed by atoms with Crippen LogP contribution in [-0.4, -0.2) is 34.6 Å². The van der Waals surface area contributed by atoms with E-state index in [0.29, 0.717) is 14.6 Å². The summed E-state index contributed by atoms with van der Waals surface area (Å²) >= 11 is 9.65. The number of nitrogens with zero attached hydrogens (tertiary/aromatic N) is 1. The molecule has 14 heavy (non-hydrogen) atoms. The van der Waals surface area contributed by atoms with Gasteiger partial charge in [-0.25, -0.2) is 10.1 Å². The molecule has 0 aromatic heterocycles. The minimum atomic E-state index is -0.612. The van der Waals surface area contributed by atoms with Gasteiger partial charge in [0, 0.05) is 43.0 Å². The Kier molecular flexibility index (Phi) is 6.84. The van der Waals surface area contributed by atoms with Crippen LogP contribution in [0.4, 0.5) is 5.69 Å². The molecular formula is C6H3Br3N2NaO2. The molecule has 0 unspecified atom stereocenters. The number of hydrazine groups is 1. The second-order valence-corrected chi connectivity index (χ2v) is 4.74. The van der Waals surface area contributed by atoms with Crippen molar-refractivity contribution >= 4 is 83.0 Å². The zero-order valence-electron chi connectivity index (χ0n) is 7.05. The average Bonchev–Trinajstić information content (AvgIpc) is 1.96. The SMILES string of the molecule is O=[N+]([O-])Nc1c(Br)cc(Br)cc1Br.[Na]. The zero-order chi connectivity index (χ0) is 10.0. The van der Waals surface area contributed by atoms with Gasteiger partial charge in [-0.1, -0.05) is 15.9 Å². The van der Waals surface area contributed by atoms with E-state index in [-0.39, 0.29) is 29.6 Å². The Bertz CT molecular complexity index is 338. The number of nitro groups is 1. The molecular weight excluding hydrogens is 395 g/mol. The van der Waals surface area contributed by atoms with Crippen molar-refractivity contribution in [2.75, 3.05) is 5.43 Å². The van der Waals surface area contributed by atoms with Gasteiger partial charge in [0.1, 0.15) is 5.69 Å². The van der Waals surface area contributed by atoms with Crippen molar-refractivity contribution < 1.29 is 5.03 Å². The predicted molar refractivity (Wildman–Crippen MR) is 65.9 cm³/mol. The number of hydrogen-bond acceptors (Lipinski definition) is 2.